The molecule has 2 atom stereocenters. The van der Waals surface area contributed by atoms with Crippen molar-refractivity contribution in [2.75, 3.05) is 13.6 Å². The van der Waals surface area contributed by atoms with Crippen LogP contribution in [0, 0.1) is 0 Å². The Morgan fingerprint density at radius 1 is 1.67 bits per heavy atom. The molecule has 0 bridgehead atoms. The Morgan fingerprint density at radius 2 is 2.22 bits per heavy atom. The average molecular weight is 136 g/mol. The first-order valence-electron chi connectivity index (χ1n) is 2.89. The molecule has 0 fully saturated rings. The van der Waals surface area contributed by atoms with Gasteiger partial charge in [-0.3, -0.25) is 10.6 Å². The van der Waals surface area contributed by atoms with Crippen LogP contribution < -0.4 is 10.6 Å². The maximum absolute atomic E-state index is 12.0. The van der Waals surface area contributed by atoms with E-state index in [2.05, 4.69) is 10.6 Å². The summed E-state index contributed by atoms with van der Waals surface area (Å²) in [5.41, 5.74) is 0. The van der Waals surface area contributed by atoms with E-state index in [9.17, 15) is 4.39 Å². The number of alkyl halides is 1. The van der Waals surface area contributed by atoms with Crippen LogP contribution in [0.15, 0.2) is 0 Å². The number of nitrogens with one attached hydrogen (secondary N) is 2. The minimum atomic E-state index is -0.923. The Labute approximate surface area is 54.3 Å². The van der Waals surface area contributed by atoms with E-state index >= 15 is 0 Å². The van der Waals surface area contributed by atoms with Crippen molar-refractivity contribution in [3.63, 3.8) is 0 Å². The van der Waals surface area contributed by atoms with E-state index < -0.39 is 12.5 Å². The number of aliphatic hydroxyl groups excluding tert-OH is 1. The fourth-order valence-electron chi connectivity index (χ4n) is 0.376. The molecule has 3 N–H and O–H groups in total. The van der Waals surface area contributed by atoms with Gasteiger partial charge in [-0.1, -0.05) is 0 Å². The molecule has 0 amide bonds. The Kier molecular flexibility index (Phi) is 4.57. The SMILES string of the molecule is CNC(O)NCC(C)F. The first kappa shape index (κ1) is 8.81. The van der Waals surface area contributed by atoms with Gasteiger partial charge in [0, 0.05) is 6.54 Å². The second-order valence-corrected chi connectivity index (χ2v) is 1.88. The first-order valence-corrected chi connectivity index (χ1v) is 2.89. The summed E-state index contributed by atoms with van der Waals surface area (Å²) in [6, 6.07) is 0. The number of hydrogen-bond acceptors (Lipinski definition) is 3. The van der Waals surface area contributed by atoms with Crippen LogP contribution >= 0.6 is 0 Å². The molecule has 4 heteroatoms. The summed E-state index contributed by atoms with van der Waals surface area (Å²) in [7, 11) is 1.58. The van der Waals surface area contributed by atoms with Gasteiger partial charge in [-0.05, 0) is 14.0 Å². The van der Waals surface area contributed by atoms with Crippen molar-refractivity contribution < 1.29 is 9.50 Å². The predicted molar refractivity (Wildman–Crippen MR) is 33.6 cm³/mol. The van der Waals surface area contributed by atoms with Crippen molar-refractivity contribution in [2.45, 2.75) is 19.4 Å². The van der Waals surface area contributed by atoms with E-state index in [4.69, 9.17) is 5.11 Å². The van der Waals surface area contributed by atoms with Crippen LogP contribution in [0.1, 0.15) is 6.92 Å². The molecule has 2 unspecified atom stereocenters. The van der Waals surface area contributed by atoms with Gasteiger partial charge in [0.1, 0.15) is 6.17 Å². The molecule has 9 heavy (non-hydrogen) atoms. The molecular formula is C5H13FN2O. The monoisotopic (exact) mass is 136 g/mol. The van der Waals surface area contributed by atoms with E-state index in [1.165, 1.54) is 6.92 Å². The summed E-state index contributed by atoms with van der Waals surface area (Å²) in [4.78, 5) is 0. The molecule has 0 aliphatic heterocycles. The Bertz CT molecular complexity index is 70.0. The van der Waals surface area contributed by atoms with Gasteiger partial charge in [0.05, 0.1) is 0 Å². The number of aliphatic hydroxyl groups is 1. The summed E-state index contributed by atoms with van der Waals surface area (Å²) in [6.07, 6.45) is -1.73. The molecule has 0 saturated heterocycles. The number of rotatable bonds is 4. The fourth-order valence-corrected chi connectivity index (χ4v) is 0.376. The second-order valence-electron chi connectivity index (χ2n) is 1.88. The van der Waals surface area contributed by atoms with Crippen molar-refractivity contribution in [2.24, 2.45) is 0 Å². The van der Waals surface area contributed by atoms with Gasteiger partial charge in [-0.2, -0.15) is 0 Å². The number of hydrogen-bond donors (Lipinski definition) is 3. The zero-order chi connectivity index (χ0) is 7.28. The van der Waals surface area contributed by atoms with Crippen molar-refractivity contribution in [3.8, 4) is 0 Å². The number of halogens is 1. The molecule has 3 nitrogen and oxygen atoms in total. The van der Waals surface area contributed by atoms with Crippen LogP contribution in [0.4, 0.5) is 4.39 Å². The lowest BCUT2D eigenvalue weighted by molar-refractivity contribution is 0.102. The van der Waals surface area contributed by atoms with E-state index in [1.807, 2.05) is 0 Å². The highest BCUT2D eigenvalue weighted by Crippen LogP contribution is 1.83. The Hall–Kier alpha value is -0.190. The highest BCUT2D eigenvalue weighted by molar-refractivity contribution is 4.52. The quantitative estimate of drug-likeness (QED) is 0.453. The van der Waals surface area contributed by atoms with Crippen LogP contribution in [-0.4, -0.2) is 31.2 Å². The zero-order valence-corrected chi connectivity index (χ0v) is 5.69. The summed E-state index contributed by atoms with van der Waals surface area (Å²) >= 11 is 0. The van der Waals surface area contributed by atoms with Gasteiger partial charge in [0.25, 0.3) is 0 Å². The van der Waals surface area contributed by atoms with Crippen LogP contribution in [0.25, 0.3) is 0 Å². The van der Waals surface area contributed by atoms with E-state index in [0.717, 1.165) is 0 Å². The lowest BCUT2D eigenvalue weighted by Gasteiger charge is -2.10. The second kappa shape index (κ2) is 4.67. The van der Waals surface area contributed by atoms with Crippen LogP contribution in [0.2, 0.25) is 0 Å². The molecular weight excluding hydrogens is 123 g/mol. The first-order chi connectivity index (χ1) is 4.16. The van der Waals surface area contributed by atoms with E-state index in [0.29, 0.717) is 0 Å². The molecule has 0 aromatic heterocycles. The third kappa shape index (κ3) is 5.68. The molecule has 0 aliphatic rings. The predicted octanol–water partition coefficient (Wildman–Crippen LogP) is -0.571. The minimum absolute atomic E-state index is 0.169. The highest BCUT2D eigenvalue weighted by atomic mass is 19.1. The maximum Gasteiger partial charge on any atom is 0.160 e. The van der Waals surface area contributed by atoms with Crippen molar-refractivity contribution in [1.29, 1.82) is 0 Å². The fraction of sp³-hybridized carbons (Fsp3) is 1.00. The maximum atomic E-state index is 12.0. The summed E-state index contributed by atoms with van der Waals surface area (Å²) in [5, 5.41) is 13.7. The van der Waals surface area contributed by atoms with E-state index in [-0.39, 0.29) is 6.54 Å². The molecule has 0 heterocycles. The molecule has 0 radical (unpaired) electrons. The lowest BCUT2D eigenvalue weighted by Crippen LogP contribution is -2.42. The van der Waals surface area contributed by atoms with Crippen molar-refractivity contribution >= 4 is 0 Å². The van der Waals surface area contributed by atoms with Crippen LogP contribution in [0.3, 0.4) is 0 Å². The smallest absolute Gasteiger partial charge is 0.160 e. The summed E-state index contributed by atoms with van der Waals surface area (Å²) in [6.45, 7) is 1.59. The molecule has 0 aromatic rings. The standard InChI is InChI=1S/C5H13FN2O/c1-4(6)3-8-5(9)7-2/h4-5,7-9H,3H2,1-2H3. The minimum Gasteiger partial charge on any atom is -0.365 e. The molecule has 0 saturated carbocycles. The third-order valence-electron chi connectivity index (χ3n) is 0.866. The van der Waals surface area contributed by atoms with Crippen LogP contribution in [0.5, 0.6) is 0 Å². The third-order valence-corrected chi connectivity index (χ3v) is 0.866. The average Bonchev–Trinajstić information content (AvgIpc) is 1.83. The lowest BCUT2D eigenvalue weighted by atomic mass is 10.4. The topological polar surface area (TPSA) is 44.3 Å². The Balaban J connectivity index is 3.06. The summed E-state index contributed by atoms with van der Waals surface area (Å²) in [5.74, 6) is 0. The molecule has 0 rings (SSSR count). The van der Waals surface area contributed by atoms with Gasteiger partial charge in [-0.25, -0.2) is 4.39 Å². The van der Waals surface area contributed by atoms with Gasteiger partial charge in [-0.15, -0.1) is 0 Å². The van der Waals surface area contributed by atoms with Crippen LogP contribution in [-0.2, 0) is 0 Å². The van der Waals surface area contributed by atoms with Gasteiger partial charge in [0.15, 0.2) is 6.35 Å². The van der Waals surface area contributed by atoms with Gasteiger partial charge < -0.3 is 5.11 Å². The summed E-state index contributed by atoms with van der Waals surface area (Å²) < 4.78 is 12.0. The molecule has 0 spiro atoms. The zero-order valence-electron chi connectivity index (χ0n) is 5.69. The normalized spacial score (nSPS) is 17.3. The molecule has 0 aliphatic carbocycles. The highest BCUT2D eigenvalue weighted by Gasteiger charge is 2.00. The van der Waals surface area contributed by atoms with E-state index in [1.54, 1.807) is 7.05 Å². The molecule has 0 aromatic carbocycles. The largest absolute Gasteiger partial charge is 0.365 e. The van der Waals surface area contributed by atoms with Crippen molar-refractivity contribution in [3.05, 3.63) is 0 Å². The molecule has 56 valence electrons. The van der Waals surface area contributed by atoms with Crippen molar-refractivity contribution in [1.82, 2.24) is 10.6 Å². The van der Waals surface area contributed by atoms with Gasteiger partial charge in [0.2, 0.25) is 0 Å². The Morgan fingerprint density at radius 3 is 2.56 bits per heavy atom. The van der Waals surface area contributed by atoms with Gasteiger partial charge >= 0.3 is 0 Å².